The van der Waals surface area contributed by atoms with E-state index in [2.05, 4.69) is 9.47 Å². The number of ether oxygens (including phenoxy) is 2. The second kappa shape index (κ2) is 4.84. The van der Waals surface area contributed by atoms with E-state index < -0.39 is 0 Å². The summed E-state index contributed by atoms with van der Waals surface area (Å²) in [4.78, 5) is 20.1. The summed E-state index contributed by atoms with van der Waals surface area (Å²) in [7, 11) is 0. The van der Waals surface area contributed by atoms with Crippen LogP contribution >= 0.6 is 0 Å². The molecule has 2 aliphatic rings. The Morgan fingerprint density at radius 1 is 1.23 bits per heavy atom. The molecule has 2 heterocycles. The minimum atomic E-state index is -0.0671. The molecule has 0 radical (unpaired) electrons. The highest BCUT2D eigenvalue weighted by Crippen LogP contribution is 2.10. The second-order valence-electron chi connectivity index (χ2n) is 3.18. The lowest BCUT2D eigenvalue weighted by atomic mass is 10.2. The van der Waals surface area contributed by atoms with Crippen LogP contribution in [0.25, 0.3) is 0 Å². The topological polar surface area (TPSA) is 52.6 Å². The van der Waals surface area contributed by atoms with Gasteiger partial charge in [0.25, 0.3) is 0 Å². The number of cyclic esters (lactones) is 2. The first-order valence-corrected chi connectivity index (χ1v) is 4.53. The molecule has 0 bridgehead atoms. The van der Waals surface area contributed by atoms with Crippen LogP contribution < -0.4 is 0 Å². The van der Waals surface area contributed by atoms with Crippen LogP contribution in [0, 0.1) is 0 Å². The molecule has 0 aromatic heterocycles. The first kappa shape index (κ1) is 10.0. The molecule has 2 fully saturated rings. The normalized spacial score (nSPS) is 26.1. The second-order valence-corrected chi connectivity index (χ2v) is 3.18. The van der Waals surface area contributed by atoms with E-state index in [1.54, 1.807) is 0 Å². The minimum Gasteiger partial charge on any atom is -0.466 e. The lowest BCUT2D eigenvalue weighted by Crippen LogP contribution is -2.29. The van der Waals surface area contributed by atoms with Crippen molar-refractivity contribution in [3.63, 3.8) is 0 Å². The predicted octanol–water partition coefficient (Wildman–Crippen LogP) is 1.04. The summed E-state index contributed by atoms with van der Waals surface area (Å²) in [5, 5.41) is 0. The molecule has 2 saturated heterocycles. The molecule has 0 saturated carbocycles. The molecule has 0 aromatic carbocycles. The van der Waals surface area contributed by atoms with Gasteiger partial charge >= 0.3 is 11.9 Å². The first-order chi connectivity index (χ1) is 6.18. The van der Waals surface area contributed by atoms with Gasteiger partial charge in [-0.15, -0.1) is 0 Å². The van der Waals surface area contributed by atoms with Crippen molar-refractivity contribution in [3.8, 4) is 0 Å². The third kappa shape index (κ3) is 3.92. The van der Waals surface area contributed by atoms with E-state index in [9.17, 15) is 9.59 Å². The van der Waals surface area contributed by atoms with Gasteiger partial charge in [0.1, 0.15) is 6.10 Å². The molecule has 4 heteroatoms. The fraction of sp³-hybridized carbons (Fsp3) is 0.778. The van der Waals surface area contributed by atoms with E-state index in [0.717, 1.165) is 12.8 Å². The molecule has 0 N–H and O–H groups in total. The van der Waals surface area contributed by atoms with E-state index in [0.29, 0.717) is 19.4 Å². The van der Waals surface area contributed by atoms with E-state index >= 15 is 0 Å². The Kier molecular flexibility index (Phi) is 3.73. The van der Waals surface area contributed by atoms with Gasteiger partial charge in [-0.1, -0.05) is 0 Å². The zero-order valence-electron chi connectivity index (χ0n) is 7.75. The Morgan fingerprint density at radius 2 is 1.92 bits per heavy atom. The molecule has 0 amide bonds. The highest BCUT2D eigenvalue weighted by molar-refractivity contribution is 5.74. The Balaban J connectivity index is 0.000000132. The van der Waals surface area contributed by atoms with Gasteiger partial charge in [0.05, 0.1) is 13.0 Å². The zero-order valence-corrected chi connectivity index (χ0v) is 7.75. The summed E-state index contributed by atoms with van der Waals surface area (Å²) in [5.41, 5.74) is 0. The molecular formula is C9H14O4. The van der Waals surface area contributed by atoms with Crippen LogP contribution in [-0.2, 0) is 19.1 Å². The van der Waals surface area contributed by atoms with E-state index in [1.165, 1.54) is 0 Å². The molecule has 0 aromatic rings. The summed E-state index contributed by atoms with van der Waals surface area (Å²) in [6, 6.07) is 0. The molecule has 2 rings (SSSR count). The molecule has 2 aliphatic heterocycles. The lowest BCUT2D eigenvalue weighted by molar-refractivity contribution is -0.167. The van der Waals surface area contributed by atoms with Gasteiger partial charge < -0.3 is 9.47 Å². The van der Waals surface area contributed by atoms with Crippen LogP contribution in [0.5, 0.6) is 0 Å². The molecular weight excluding hydrogens is 172 g/mol. The summed E-state index contributed by atoms with van der Waals surface area (Å²) < 4.78 is 9.14. The maximum Gasteiger partial charge on any atom is 0.309 e. The molecule has 0 aliphatic carbocycles. The largest absolute Gasteiger partial charge is 0.466 e. The third-order valence-electron chi connectivity index (χ3n) is 1.83. The van der Waals surface area contributed by atoms with Crippen molar-refractivity contribution in [2.24, 2.45) is 0 Å². The average Bonchev–Trinajstić information content (AvgIpc) is 2.05. The fourth-order valence-corrected chi connectivity index (χ4v) is 1.08. The third-order valence-corrected chi connectivity index (χ3v) is 1.83. The standard InChI is InChI=1S/C5H8O2.C4H6O2/c6-5-3-1-2-4-7-5;1-3-2-4(5)6-3/h1-4H2;3H,2H2,1H3. The van der Waals surface area contributed by atoms with Crippen molar-refractivity contribution in [2.75, 3.05) is 6.61 Å². The lowest BCUT2D eigenvalue weighted by Gasteiger charge is -2.20. The SMILES string of the molecule is CC1CC(=O)O1.O=C1CCCCO1. The summed E-state index contributed by atoms with van der Waals surface area (Å²) in [5.74, 6) is -0.103. The molecule has 1 unspecified atom stereocenters. The maximum absolute atomic E-state index is 10.2. The van der Waals surface area contributed by atoms with Gasteiger partial charge in [-0.2, -0.15) is 0 Å². The number of hydrogen-bond donors (Lipinski definition) is 0. The van der Waals surface area contributed by atoms with E-state index in [4.69, 9.17) is 0 Å². The van der Waals surface area contributed by atoms with Gasteiger partial charge in [0.2, 0.25) is 0 Å². The van der Waals surface area contributed by atoms with Gasteiger partial charge in [0.15, 0.2) is 0 Å². The van der Waals surface area contributed by atoms with E-state index in [1.807, 2.05) is 6.92 Å². The predicted molar refractivity (Wildman–Crippen MR) is 45.0 cm³/mol. The van der Waals surface area contributed by atoms with Crippen molar-refractivity contribution >= 4 is 11.9 Å². The Hall–Kier alpha value is -1.06. The quantitative estimate of drug-likeness (QED) is 0.530. The van der Waals surface area contributed by atoms with Crippen LogP contribution in [0.4, 0.5) is 0 Å². The van der Waals surface area contributed by atoms with Crippen molar-refractivity contribution in [2.45, 2.75) is 38.7 Å². The van der Waals surface area contributed by atoms with Crippen LogP contribution in [-0.4, -0.2) is 24.6 Å². The van der Waals surface area contributed by atoms with Crippen molar-refractivity contribution in [1.82, 2.24) is 0 Å². The molecule has 1 atom stereocenters. The Morgan fingerprint density at radius 3 is 2.08 bits per heavy atom. The van der Waals surface area contributed by atoms with Crippen LogP contribution in [0.3, 0.4) is 0 Å². The number of carbonyl (C=O) groups excluding carboxylic acids is 2. The molecule has 74 valence electrons. The number of rotatable bonds is 0. The Bertz CT molecular complexity index is 184. The van der Waals surface area contributed by atoms with Gasteiger partial charge in [-0.25, -0.2) is 0 Å². The van der Waals surface area contributed by atoms with Crippen molar-refractivity contribution in [3.05, 3.63) is 0 Å². The summed E-state index contributed by atoms with van der Waals surface area (Å²) in [6.45, 7) is 2.51. The first-order valence-electron chi connectivity index (χ1n) is 4.53. The van der Waals surface area contributed by atoms with Crippen LogP contribution in [0.2, 0.25) is 0 Å². The number of carbonyl (C=O) groups is 2. The molecule has 13 heavy (non-hydrogen) atoms. The Labute approximate surface area is 77.2 Å². The van der Waals surface area contributed by atoms with Crippen molar-refractivity contribution < 1.29 is 19.1 Å². The average molecular weight is 186 g/mol. The maximum atomic E-state index is 10.2. The number of esters is 2. The highest BCUT2D eigenvalue weighted by atomic mass is 16.6. The van der Waals surface area contributed by atoms with Crippen LogP contribution in [0.15, 0.2) is 0 Å². The van der Waals surface area contributed by atoms with E-state index in [-0.39, 0.29) is 18.0 Å². The fourth-order valence-electron chi connectivity index (χ4n) is 1.08. The number of hydrogen-bond acceptors (Lipinski definition) is 4. The van der Waals surface area contributed by atoms with Gasteiger partial charge in [-0.3, -0.25) is 9.59 Å². The highest BCUT2D eigenvalue weighted by Gasteiger charge is 2.22. The smallest absolute Gasteiger partial charge is 0.309 e. The van der Waals surface area contributed by atoms with Gasteiger partial charge in [0, 0.05) is 6.42 Å². The van der Waals surface area contributed by atoms with Crippen molar-refractivity contribution in [1.29, 1.82) is 0 Å². The summed E-state index contributed by atoms with van der Waals surface area (Å²) in [6.07, 6.45) is 3.49. The summed E-state index contributed by atoms with van der Waals surface area (Å²) >= 11 is 0. The molecule has 4 nitrogen and oxygen atoms in total. The monoisotopic (exact) mass is 186 g/mol. The zero-order chi connectivity index (χ0) is 9.68. The van der Waals surface area contributed by atoms with Gasteiger partial charge in [-0.05, 0) is 19.8 Å². The van der Waals surface area contributed by atoms with Crippen LogP contribution in [0.1, 0.15) is 32.6 Å². The minimum absolute atomic E-state index is 0.0359. The molecule has 0 spiro atoms.